The molecular formula is C49H65F2N5O9S2. The first-order chi connectivity index (χ1) is 31.5. The summed E-state index contributed by atoms with van der Waals surface area (Å²) in [7, 11) is -7.61. The zero-order valence-corrected chi connectivity index (χ0v) is 40.6. The van der Waals surface area contributed by atoms with Crippen LogP contribution in [0.1, 0.15) is 92.1 Å². The number of nitrogens with two attached hydrogens (primary N) is 1. The third kappa shape index (κ3) is 14.8. The molecule has 6 rings (SSSR count). The van der Waals surface area contributed by atoms with Gasteiger partial charge in [-0.15, -0.1) is 0 Å². The van der Waals surface area contributed by atoms with Crippen LogP contribution in [-0.2, 0) is 37.9 Å². The second-order valence-corrected chi connectivity index (χ2v) is 22.6. The molecule has 18 heteroatoms. The fourth-order valence-electron chi connectivity index (χ4n) is 8.32. The van der Waals surface area contributed by atoms with Gasteiger partial charge in [0.05, 0.1) is 64.9 Å². The molecule has 14 nitrogen and oxygen atoms in total. The van der Waals surface area contributed by atoms with Crippen molar-refractivity contribution in [2.24, 2.45) is 5.73 Å². The van der Waals surface area contributed by atoms with Crippen molar-refractivity contribution < 1.29 is 50.2 Å². The Balaban J connectivity index is 0.000000251. The highest BCUT2D eigenvalue weighted by Crippen LogP contribution is 2.31. The second-order valence-electron chi connectivity index (χ2n) is 18.3. The van der Waals surface area contributed by atoms with Crippen LogP contribution in [0.4, 0.5) is 20.2 Å². The molecule has 2 aliphatic rings. The Hall–Kier alpha value is -4.82. The van der Waals surface area contributed by atoms with Crippen molar-refractivity contribution in [3.05, 3.63) is 131 Å². The number of ether oxygens (including phenoxy) is 1. The molecule has 2 saturated heterocycles. The number of Topliss-reactive ketones (excluding diaryl/α,β-unsaturated/α-hetero) is 1. The number of aliphatic hydroxyl groups is 2. The maximum Gasteiger partial charge on any atom is 0.338 e. The number of carbonyl (C=O) groups is 2. The first-order valence-electron chi connectivity index (χ1n) is 22.5. The van der Waals surface area contributed by atoms with Gasteiger partial charge >= 0.3 is 5.97 Å². The van der Waals surface area contributed by atoms with E-state index in [9.17, 15) is 45.4 Å². The number of benzene rings is 4. The zero-order valence-electron chi connectivity index (χ0n) is 39.0. The predicted molar refractivity (Wildman–Crippen MR) is 257 cm³/mol. The summed E-state index contributed by atoms with van der Waals surface area (Å²) in [5, 5.41) is 18.9. The number of sulfonamides is 2. The Bertz CT molecular complexity index is 2490. The first kappa shape index (κ1) is 53.1. The Kier molecular flexibility index (Phi) is 18.2. The van der Waals surface area contributed by atoms with Gasteiger partial charge in [0.1, 0.15) is 11.6 Å². The van der Waals surface area contributed by atoms with Crippen LogP contribution in [-0.4, -0.2) is 123 Å². The third-order valence-electron chi connectivity index (χ3n) is 11.6. The molecule has 0 unspecified atom stereocenters. The first-order valence-corrected chi connectivity index (χ1v) is 25.5. The standard InChI is InChI=1S/C25H33FN2O5S.C24H32FN3O4S/c1-4-33-24(29)19-10-11-20(23(26)16-19)17-28(21-8-6-5-7-9-21)34(31,32)22-12-14-27(15-13-22)18-25(2,3)30;1-24(2,30)17-27-12-10-21(11-13-27)33(31,32)28(20-6-4-3-5-7-20)16-19-9-8-18(14-22(19)25)23(29)15-26/h5-11,16,22,30H,4,12-15,17-18H2,1-3H3;3-9,14,21,30H,10-13,15-17,26H2,1-2H3. The zero-order chi connectivity index (χ0) is 49.2. The molecule has 0 bridgehead atoms. The molecule has 366 valence electrons. The molecule has 4 aromatic rings. The van der Waals surface area contributed by atoms with E-state index >= 15 is 0 Å². The summed E-state index contributed by atoms with van der Waals surface area (Å²) in [6.45, 7) is 11.3. The van der Waals surface area contributed by atoms with Crippen molar-refractivity contribution in [1.29, 1.82) is 0 Å². The van der Waals surface area contributed by atoms with Gasteiger partial charge in [0, 0.05) is 29.8 Å². The molecule has 4 N–H and O–H groups in total. The lowest BCUT2D eigenvalue weighted by molar-refractivity contribution is 0.0300. The largest absolute Gasteiger partial charge is 0.462 e. The quantitative estimate of drug-likeness (QED) is 0.0767. The number of hydrogen-bond donors (Lipinski definition) is 3. The van der Waals surface area contributed by atoms with E-state index in [1.165, 1.54) is 32.9 Å². The smallest absolute Gasteiger partial charge is 0.338 e. The SMILES string of the molecule is CC(C)(O)CN1CCC(S(=O)(=O)N(Cc2ccc(C(=O)CN)cc2F)c2ccccc2)CC1.CCOC(=O)c1ccc(CN(c2ccccc2)S(=O)(=O)C2CCN(CC(C)(C)O)CC2)c(F)c1. The van der Waals surface area contributed by atoms with Gasteiger partial charge in [-0.2, -0.15) is 0 Å². The van der Waals surface area contributed by atoms with E-state index in [0.29, 0.717) is 76.3 Å². The lowest BCUT2D eigenvalue weighted by Gasteiger charge is -2.37. The van der Waals surface area contributed by atoms with Gasteiger partial charge in [-0.05, 0) is 129 Å². The molecular weight excluding hydrogens is 905 g/mol. The highest BCUT2D eigenvalue weighted by Gasteiger charge is 2.38. The number of halogens is 2. The predicted octanol–water partition coefficient (Wildman–Crippen LogP) is 6.11. The van der Waals surface area contributed by atoms with Crippen molar-refractivity contribution in [1.82, 2.24) is 9.80 Å². The van der Waals surface area contributed by atoms with Crippen molar-refractivity contribution in [2.75, 3.05) is 61.0 Å². The number of β-amino-alcohol motifs (C(OH)–C–C–N with tert-alkyl or cyclic N) is 2. The molecule has 4 aromatic carbocycles. The Labute approximate surface area is 394 Å². The number of likely N-dealkylation sites (tertiary alicyclic amines) is 2. The number of carbonyl (C=O) groups excluding carboxylic acids is 2. The number of anilines is 2. The Morgan fingerprint density at radius 3 is 1.37 bits per heavy atom. The normalized spacial score (nSPS) is 15.9. The molecule has 0 radical (unpaired) electrons. The van der Waals surface area contributed by atoms with Crippen LogP contribution in [0.25, 0.3) is 0 Å². The van der Waals surface area contributed by atoms with E-state index in [0.717, 1.165) is 12.1 Å². The maximum absolute atomic E-state index is 14.9. The summed E-state index contributed by atoms with van der Waals surface area (Å²) >= 11 is 0. The fourth-order valence-corrected chi connectivity index (χ4v) is 12.1. The molecule has 0 saturated carbocycles. The third-order valence-corrected chi connectivity index (χ3v) is 16.1. The average Bonchev–Trinajstić information content (AvgIpc) is 3.28. The van der Waals surface area contributed by atoms with Gasteiger partial charge in [-0.25, -0.2) is 30.4 Å². The van der Waals surface area contributed by atoms with Crippen molar-refractivity contribution >= 4 is 43.2 Å². The van der Waals surface area contributed by atoms with Crippen LogP contribution in [0.3, 0.4) is 0 Å². The van der Waals surface area contributed by atoms with E-state index < -0.39 is 59.4 Å². The van der Waals surface area contributed by atoms with Crippen LogP contribution in [0.2, 0.25) is 0 Å². The molecule has 0 amide bonds. The summed E-state index contributed by atoms with van der Waals surface area (Å²) in [5.74, 6) is -2.32. The Morgan fingerprint density at radius 2 is 1.03 bits per heavy atom. The van der Waals surface area contributed by atoms with E-state index in [1.807, 2.05) is 0 Å². The summed E-state index contributed by atoms with van der Waals surface area (Å²) in [6.07, 6.45) is 1.69. The van der Waals surface area contributed by atoms with Crippen molar-refractivity contribution in [3.8, 4) is 0 Å². The minimum Gasteiger partial charge on any atom is -0.462 e. The number of ketones is 1. The number of hydrogen-bond acceptors (Lipinski definition) is 12. The molecule has 67 heavy (non-hydrogen) atoms. The number of piperidine rings is 2. The van der Waals surface area contributed by atoms with E-state index in [2.05, 4.69) is 9.80 Å². The number of rotatable bonds is 18. The minimum absolute atomic E-state index is 0.0800. The van der Waals surface area contributed by atoms with Crippen molar-refractivity contribution in [3.63, 3.8) is 0 Å². The lowest BCUT2D eigenvalue weighted by Crippen LogP contribution is -2.48. The monoisotopic (exact) mass is 969 g/mol. The molecule has 2 fully saturated rings. The Morgan fingerprint density at radius 1 is 0.657 bits per heavy atom. The minimum atomic E-state index is -3.81. The molecule has 0 spiro atoms. The highest BCUT2D eigenvalue weighted by atomic mass is 32.2. The second kappa shape index (κ2) is 23.0. The molecule has 2 heterocycles. The summed E-state index contributed by atoms with van der Waals surface area (Å²) < 4.78 is 91.9. The average molecular weight is 970 g/mol. The topological polar surface area (TPSA) is 191 Å². The number of esters is 1. The molecule has 0 aromatic heterocycles. The maximum atomic E-state index is 14.9. The van der Waals surface area contributed by atoms with Crippen molar-refractivity contribution in [2.45, 2.75) is 95.1 Å². The number of para-hydroxylation sites is 2. The molecule has 0 aliphatic carbocycles. The summed E-state index contributed by atoms with van der Waals surface area (Å²) in [6, 6.07) is 25.3. The van der Waals surface area contributed by atoms with Crippen LogP contribution in [0.5, 0.6) is 0 Å². The number of nitrogens with zero attached hydrogens (tertiary/aromatic N) is 4. The summed E-state index contributed by atoms with van der Waals surface area (Å²) in [4.78, 5) is 27.8. The van der Waals surface area contributed by atoms with Gasteiger partial charge < -0.3 is 30.5 Å². The van der Waals surface area contributed by atoms with Crippen LogP contribution in [0, 0.1) is 11.6 Å². The van der Waals surface area contributed by atoms with Gasteiger partial charge in [0.15, 0.2) is 5.78 Å². The van der Waals surface area contributed by atoms with E-state index in [-0.39, 0.29) is 54.3 Å². The van der Waals surface area contributed by atoms with Crippen LogP contribution >= 0.6 is 0 Å². The molecule has 2 aliphatic heterocycles. The van der Waals surface area contributed by atoms with Gasteiger partial charge in [0.2, 0.25) is 20.0 Å². The fraction of sp³-hybridized carbons (Fsp3) is 0.469. The van der Waals surface area contributed by atoms with Gasteiger partial charge in [-0.1, -0.05) is 54.6 Å². The molecule has 0 atom stereocenters. The highest BCUT2D eigenvalue weighted by molar-refractivity contribution is 7.93. The lowest BCUT2D eigenvalue weighted by atomic mass is 10.1. The van der Waals surface area contributed by atoms with Crippen LogP contribution < -0.4 is 14.3 Å². The van der Waals surface area contributed by atoms with Gasteiger partial charge in [0.25, 0.3) is 0 Å². The van der Waals surface area contributed by atoms with E-state index in [4.69, 9.17) is 10.5 Å². The van der Waals surface area contributed by atoms with E-state index in [1.54, 1.807) is 95.3 Å². The van der Waals surface area contributed by atoms with Crippen LogP contribution in [0.15, 0.2) is 97.1 Å². The van der Waals surface area contributed by atoms with Gasteiger partial charge in [-0.3, -0.25) is 13.4 Å². The summed E-state index contributed by atoms with van der Waals surface area (Å²) in [5.41, 5.74) is 5.15.